The summed E-state index contributed by atoms with van der Waals surface area (Å²) in [7, 11) is 0. The van der Waals surface area contributed by atoms with Crippen molar-refractivity contribution in [1.82, 2.24) is 0 Å². The standard InChI is InChI=1S/C28H26F2O3/c1-16-5-11-25(29)24(13-16)22-9-8-20-21(28(22)30)10-12-26(20)33-19-4-2-3-18(14-19)23(15-27(31)32)17-6-7-17/h2-5,8-9,11,13-14,17,23,26H,6-7,10,12,15H2,1H3,(H,31,32)/t23-,26+/m0/s1. The minimum Gasteiger partial charge on any atom is -0.486 e. The molecule has 3 aromatic rings. The Balaban J connectivity index is 1.40. The molecule has 2 aliphatic carbocycles. The number of hydrogen-bond donors (Lipinski definition) is 1. The molecule has 0 radical (unpaired) electrons. The second kappa shape index (κ2) is 8.62. The van der Waals surface area contributed by atoms with Gasteiger partial charge in [0.15, 0.2) is 0 Å². The van der Waals surface area contributed by atoms with E-state index in [0.717, 1.165) is 29.5 Å². The number of aliphatic carboxylic acids is 1. The molecule has 1 saturated carbocycles. The van der Waals surface area contributed by atoms with Crippen LogP contribution in [0, 0.1) is 24.5 Å². The van der Waals surface area contributed by atoms with Gasteiger partial charge >= 0.3 is 5.97 Å². The van der Waals surface area contributed by atoms with E-state index in [0.29, 0.717) is 30.1 Å². The van der Waals surface area contributed by atoms with Crippen molar-refractivity contribution < 1.29 is 23.4 Å². The third kappa shape index (κ3) is 4.37. The monoisotopic (exact) mass is 448 g/mol. The number of ether oxygens (including phenoxy) is 1. The average Bonchev–Trinajstić information content (AvgIpc) is 3.55. The maximum absolute atomic E-state index is 15.4. The van der Waals surface area contributed by atoms with Crippen LogP contribution >= 0.6 is 0 Å². The van der Waals surface area contributed by atoms with Crippen LogP contribution in [0.2, 0.25) is 0 Å². The fraction of sp³-hybridized carbons (Fsp3) is 0.321. The molecule has 170 valence electrons. The number of carboxylic acids is 1. The van der Waals surface area contributed by atoms with Gasteiger partial charge in [0, 0.05) is 11.1 Å². The Morgan fingerprint density at radius 3 is 2.64 bits per heavy atom. The molecule has 3 aromatic carbocycles. The number of halogens is 2. The first kappa shape index (κ1) is 21.6. The highest BCUT2D eigenvalue weighted by Crippen LogP contribution is 2.46. The molecule has 0 amide bonds. The summed E-state index contributed by atoms with van der Waals surface area (Å²) in [5.74, 6) is -0.542. The lowest BCUT2D eigenvalue weighted by atomic mass is 9.91. The molecule has 0 bridgehead atoms. The van der Waals surface area contributed by atoms with Crippen molar-refractivity contribution in [2.45, 2.75) is 51.0 Å². The Morgan fingerprint density at radius 1 is 1.06 bits per heavy atom. The van der Waals surface area contributed by atoms with Crippen LogP contribution in [-0.2, 0) is 11.2 Å². The lowest BCUT2D eigenvalue weighted by molar-refractivity contribution is -0.137. The summed E-state index contributed by atoms with van der Waals surface area (Å²) < 4.78 is 36.0. The molecule has 2 atom stereocenters. The van der Waals surface area contributed by atoms with E-state index in [1.807, 2.05) is 37.3 Å². The van der Waals surface area contributed by atoms with Crippen LogP contribution in [0.15, 0.2) is 54.6 Å². The van der Waals surface area contributed by atoms with Gasteiger partial charge in [0.25, 0.3) is 0 Å². The van der Waals surface area contributed by atoms with E-state index in [9.17, 15) is 14.3 Å². The summed E-state index contributed by atoms with van der Waals surface area (Å²) in [6.45, 7) is 1.86. The predicted octanol–water partition coefficient (Wildman–Crippen LogP) is 6.97. The lowest BCUT2D eigenvalue weighted by Gasteiger charge is -2.19. The zero-order valence-corrected chi connectivity index (χ0v) is 18.5. The van der Waals surface area contributed by atoms with Gasteiger partial charge in [-0.3, -0.25) is 4.79 Å². The van der Waals surface area contributed by atoms with E-state index in [4.69, 9.17) is 4.74 Å². The van der Waals surface area contributed by atoms with E-state index in [-0.39, 0.29) is 35.4 Å². The Bertz CT molecular complexity index is 1220. The van der Waals surface area contributed by atoms with Crippen molar-refractivity contribution in [3.63, 3.8) is 0 Å². The van der Waals surface area contributed by atoms with Gasteiger partial charge in [-0.25, -0.2) is 8.78 Å². The Labute approximate surface area is 192 Å². The van der Waals surface area contributed by atoms with Crippen LogP contribution in [0.25, 0.3) is 11.1 Å². The SMILES string of the molecule is Cc1ccc(F)c(-c2ccc3c(c2F)CC[C@H]3Oc2cccc([C@@H](CC(=O)O)C3CC3)c2)c1. The summed E-state index contributed by atoms with van der Waals surface area (Å²) in [5, 5.41) is 9.30. The van der Waals surface area contributed by atoms with Crippen molar-refractivity contribution in [1.29, 1.82) is 0 Å². The quantitative estimate of drug-likeness (QED) is 0.424. The first-order chi connectivity index (χ1) is 15.9. The van der Waals surface area contributed by atoms with Gasteiger partial charge in [0.05, 0.1) is 6.42 Å². The van der Waals surface area contributed by atoms with E-state index in [2.05, 4.69) is 0 Å². The number of rotatable bonds is 7. The summed E-state index contributed by atoms with van der Waals surface area (Å²) in [5.41, 5.74) is 3.78. The normalized spacial score (nSPS) is 18.1. The number of hydrogen-bond acceptors (Lipinski definition) is 2. The molecule has 5 heteroatoms. The second-order valence-electron chi connectivity index (χ2n) is 9.24. The minimum atomic E-state index is -0.792. The molecule has 0 aromatic heterocycles. The van der Waals surface area contributed by atoms with Crippen LogP contribution in [0.3, 0.4) is 0 Å². The Kier molecular flexibility index (Phi) is 5.65. The van der Waals surface area contributed by atoms with Crippen molar-refractivity contribution in [2.24, 2.45) is 5.92 Å². The maximum atomic E-state index is 15.4. The smallest absolute Gasteiger partial charge is 0.303 e. The Morgan fingerprint density at radius 2 is 1.88 bits per heavy atom. The number of fused-ring (bicyclic) bond motifs is 1. The van der Waals surface area contributed by atoms with Crippen molar-refractivity contribution >= 4 is 5.97 Å². The van der Waals surface area contributed by atoms with Crippen LogP contribution in [-0.4, -0.2) is 11.1 Å². The molecule has 0 spiro atoms. The van der Waals surface area contributed by atoms with Crippen molar-refractivity contribution in [2.75, 3.05) is 0 Å². The van der Waals surface area contributed by atoms with Crippen LogP contribution < -0.4 is 4.74 Å². The topological polar surface area (TPSA) is 46.5 Å². The maximum Gasteiger partial charge on any atom is 0.303 e. The number of carboxylic acid groups (broad SMARTS) is 1. The molecule has 0 unspecified atom stereocenters. The summed E-state index contributed by atoms with van der Waals surface area (Å²) in [4.78, 5) is 11.3. The van der Waals surface area contributed by atoms with E-state index < -0.39 is 11.8 Å². The van der Waals surface area contributed by atoms with Crippen LogP contribution in [0.1, 0.15) is 60.0 Å². The van der Waals surface area contributed by atoms with Gasteiger partial charge in [-0.1, -0.05) is 35.9 Å². The Hall–Kier alpha value is -3.21. The first-order valence-electron chi connectivity index (χ1n) is 11.5. The largest absolute Gasteiger partial charge is 0.486 e. The molecule has 0 heterocycles. The molecular weight excluding hydrogens is 422 g/mol. The van der Waals surface area contributed by atoms with Gasteiger partial charge in [0.2, 0.25) is 0 Å². The molecule has 0 aliphatic heterocycles. The number of aryl methyl sites for hydroxylation is 1. The molecule has 2 aliphatic rings. The van der Waals surface area contributed by atoms with E-state index in [1.165, 1.54) is 6.07 Å². The zero-order chi connectivity index (χ0) is 23.1. The molecule has 1 fully saturated rings. The molecule has 1 N–H and O–H groups in total. The number of benzene rings is 3. The van der Waals surface area contributed by atoms with Crippen LogP contribution in [0.4, 0.5) is 8.78 Å². The molecule has 0 saturated heterocycles. The third-order valence-electron chi connectivity index (χ3n) is 6.85. The highest BCUT2D eigenvalue weighted by molar-refractivity contribution is 5.69. The van der Waals surface area contributed by atoms with Gasteiger partial charge in [-0.05, 0) is 85.4 Å². The van der Waals surface area contributed by atoms with Crippen LogP contribution in [0.5, 0.6) is 5.75 Å². The lowest BCUT2D eigenvalue weighted by Crippen LogP contribution is -2.09. The predicted molar refractivity (Wildman–Crippen MR) is 122 cm³/mol. The van der Waals surface area contributed by atoms with Gasteiger partial charge in [-0.2, -0.15) is 0 Å². The third-order valence-corrected chi connectivity index (χ3v) is 6.85. The van der Waals surface area contributed by atoms with Gasteiger partial charge in [-0.15, -0.1) is 0 Å². The van der Waals surface area contributed by atoms with E-state index >= 15 is 4.39 Å². The van der Waals surface area contributed by atoms with Crippen molar-refractivity contribution in [3.8, 4) is 16.9 Å². The molecular formula is C28H26F2O3. The van der Waals surface area contributed by atoms with E-state index in [1.54, 1.807) is 18.2 Å². The zero-order valence-electron chi connectivity index (χ0n) is 18.5. The highest BCUT2D eigenvalue weighted by Gasteiger charge is 2.34. The second-order valence-corrected chi connectivity index (χ2v) is 9.24. The molecule has 5 rings (SSSR count). The first-order valence-corrected chi connectivity index (χ1v) is 11.5. The highest BCUT2D eigenvalue weighted by atomic mass is 19.1. The minimum absolute atomic E-state index is 0.00820. The molecule has 3 nitrogen and oxygen atoms in total. The fourth-order valence-electron chi connectivity index (χ4n) is 5.02. The molecule has 33 heavy (non-hydrogen) atoms. The van der Waals surface area contributed by atoms with Crippen molar-refractivity contribution in [3.05, 3.63) is 88.5 Å². The number of carbonyl (C=O) groups is 1. The van der Waals surface area contributed by atoms with Gasteiger partial charge < -0.3 is 9.84 Å². The summed E-state index contributed by atoms with van der Waals surface area (Å²) in [6, 6.07) is 15.8. The fourth-order valence-corrected chi connectivity index (χ4v) is 5.02. The average molecular weight is 449 g/mol. The van der Waals surface area contributed by atoms with Gasteiger partial charge in [0.1, 0.15) is 23.5 Å². The summed E-state index contributed by atoms with van der Waals surface area (Å²) in [6.07, 6.45) is 3.10. The summed E-state index contributed by atoms with van der Waals surface area (Å²) >= 11 is 0.